The van der Waals surface area contributed by atoms with E-state index in [2.05, 4.69) is 10.5 Å². The van der Waals surface area contributed by atoms with Crippen molar-refractivity contribution in [2.45, 2.75) is 37.9 Å². The van der Waals surface area contributed by atoms with Crippen LogP contribution >= 0.6 is 0 Å². The lowest BCUT2D eigenvalue weighted by Gasteiger charge is -2.45. The molecule has 1 spiro atoms. The Morgan fingerprint density at radius 1 is 1.17 bits per heavy atom. The third kappa shape index (κ3) is 2.83. The normalized spacial score (nSPS) is 30.6. The highest BCUT2D eigenvalue weighted by Gasteiger charge is 2.50. The summed E-state index contributed by atoms with van der Waals surface area (Å²) in [5.74, 6) is 1.69. The van der Waals surface area contributed by atoms with Gasteiger partial charge in [-0.1, -0.05) is 0 Å². The highest BCUT2D eigenvalue weighted by molar-refractivity contribution is 5.88. The maximum Gasteiger partial charge on any atom is 0.171 e. The van der Waals surface area contributed by atoms with Crippen LogP contribution in [0.2, 0.25) is 0 Å². The molecule has 5 heteroatoms. The van der Waals surface area contributed by atoms with Crippen LogP contribution in [0.5, 0.6) is 5.75 Å². The van der Waals surface area contributed by atoms with Crippen LogP contribution in [0.3, 0.4) is 0 Å². The second-order valence-electron chi connectivity index (χ2n) is 6.66. The van der Waals surface area contributed by atoms with Crippen molar-refractivity contribution < 1.29 is 14.2 Å². The van der Waals surface area contributed by atoms with Gasteiger partial charge in [-0.05, 0) is 55.9 Å². The average Bonchev–Trinajstić information content (AvgIpc) is 3.08. The van der Waals surface area contributed by atoms with Crippen LogP contribution in [0.1, 0.15) is 32.1 Å². The Balaban J connectivity index is 1.41. The lowest BCUT2D eigenvalue weighted by Crippen LogP contribution is -2.48. The van der Waals surface area contributed by atoms with Gasteiger partial charge in [0.2, 0.25) is 0 Å². The van der Waals surface area contributed by atoms with Crippen molar-refractivity contribution in [1.29, 1.82) is 0 Å². The number of fused-ring (bicyclic) bond motifs is 3. The SMILES string of the molecule is COc1ccc(N/N=C2\CCC3CC2CCC32OCCO2)cc1. The van der Waals surface area contributed by atoms with Gasteiger partial charge in [-0.3, -0.25) is 5.43 Å². The molecule has 2 atom stereocenters. The highest BCUT2D eigenvalue weighted by atomic mass is 16.7. The van der Waals surface area contributed by atoms with E-state index in [4.69, 9.17) is 14.2 Å². The molecule has 1 aliphatic heterocycles. The molecule has 124 valence electrons. The Hall–Kier alpha value is -1.59. The number of nitrogens with one attached hydrogen (secondary N) is 1. The molecule has 1 saturated heterocycles. The van der Waals surface area contributed by atoms with Gasteiger partial charge in [0.25, 0.3) is 0 Å². The van der Waals surface area contributed by atoms with Gasteiger partial charge in [-0.25, -0.2) is 0 Å². The first kappa shape index (κ1) is 15.0. The van der Waals surface area contributed by atoms with Crippen molar-refractivity contribution in [2.75, 3.05) is 25.7 Å². The average molecular weight is 316 g/mol. The van der Waals surface area contributed by atoms with E-state index < -0.39 is 0 Å². The number of nitrogens with zero attached hydrogens (tertiary/aromatic N) is 1. The number of anilines is 1. The number of hydrogen-bond acceptors (Lipinski definition) is 5. The predicted molar refractivity (Wildman–Crippen MR) is 88.8 cm³/mol. The van der Waals surface area contributed by atoms with Crippen LogP contribution in [0.25, 0.3) is 0 Å². The van der Waals surface area contributed by atoms with E-state index in [0.717, 1.165) is 56.8 Å². The van der Waals surface area contributed by atoms with E-state index in [1.165, 1.54) is 5.71 Å². The van der Waals surface area contributed by atoms with E-state index in [0.29, 0.717) is 11.8 Å². The first-order chi connectivity index (χ1) is 11.3. The quantitative estimate of drug-likeness (QED) is 0.868. The minimum absolute atomic E-state index is 0.272. The van der Waals surface area contributed by atoms with Crippen LogP contribution < -0.4 is 10.2 Å². The summed E-state index contributed by atoms with van der Waals surface area (Å²) < 4.78 is 17.1. The molecule has 0 aromatic heterocycles. The molecule has 2 saturated carbocycles. The van der Waals surface area contributed by atoms with Gasteiger partial charge in [-0.15, -0.1) is 0 Å². The topological polar surface area (TPSA) is 52.1 Å². The van der Waals surface area contributed by atoms with Crippen molar-refractivity contribution in [3.05, 3.63) is 24.3 Å². The summed E-state index contributed by atoms with van der Waals surface area (Å²) in [5.41, 5.74) is 5.49. The largest absolute Gasteiger partial charge is 0.497 e. The first-order valence-corrected chi connectivity index (χ1v) is 8.53. The van der Waals surface area contributed by atoms with Crippen LogP contribution in [-0.4, -0.2) is 31.8 Å². The summed E-state index contributed by atoms with van der Waals surface area (Å²) >= 11 is 0. The summed E-state index contributed by atoms with van der Waals surface area (Å²) in [7, 11) is 1.68. The smallest absolute Gasteiger partial charge is 0.171 e. The first-order valence-electron chi connectivity index (χ1n) is 8.53. The number of methoxy groups -OCH3 is 1. The van der Waals surface area contributed by atoms with Crippen molar-refractivity contribution in [1.82, 2.24) is 0 Å². The predicted octanol–water partition coefficient (Wildman–Crippen LogP) is 3.42. The van der Waals surface area contributed by atoms with Gasteiger partial charge in [0, 0.05) is 18.1 Å². The van der Waals surface area contributed by atoms with Gasteiger partial charge in [0.15, 0.2) is 5.79 Å². The zero-order valence-corrected chi connectivity index (χ0v) is 13.6. The molecular weight excluding hydrogens is 292 g/mol. The Bertz CT molecular complexity index is 578. The van der Waals surface area contributed by atoms with Crippen molar-refractivity contribution in [3.8, 4) is 5.75 Å². The lowest BCUT2D eigenvalue weighted by atomic mass is 9.68. The zero-order chi connectivity index (χ0) is 15.7. The molecular formula is C18H24N2O3. The van der Waals surface area contributed by atoms with E-state index >= 15 is 0 Å². The number of ether oxygens (including phenoxy) is 3. The van der Waals surface area contributed by atoms with Crippen LogP contribution in [0.4, 0.5) is 5.69 Å². The number of hydrogen-bond donors (Lipinski definition) is 1. The third-order valence-corrected chi connectivity index (χ3v) is 5.45. The molecule has 1 aromatic carbocycles. The van der Waals surface area contributed by atoms with E-state index in [-0.39, 0.29) is 5.79 Å². The Morgan fingerprint density at radius 2 is 1.96 bits per heavy atom. The number of benzene rings is 1. The van der Waals surface area contributed by atoms with Crippen LogP contribution in [0.15, 0.2) is 29.4 Å². The second-order valence-corrected chi connectivity index (χ2v) is 6.66. The molecule has 1 aromatic rings. The van der Waals surface area contributed by atoms with E-state index in [1.54, 1.807) is 7.11 Å². The third-order valence-electron chi connectivity index (χ3n) is 5.45. The van der Waals surface area contributed by atoms with Crippen molar-refractivity contribution in [2.24, 2.45) is 16.9 Å². The molecule has 2 aliphatic carbocycles. The Labute approximate surface area is 137 Å². The monoisotopic (exact) mass is 316 g/mol. The molecule has 1 N–H and O–H groups in total. The summed E-state index contributed by atoms with van der Waals surface area (Å²) in [6.45, 7) is 1.50. The Kier molecular flexibility index (Phi) is 3.99. The fourth-order valence-corrected chi connectivity index (χ4v) is 4.19. The maximum atomic E-state index is 5.96. The molecule has 0 amide bonds. The lowest BCUT2D eigenvalue weighted by molar-refractivity contribution is -0.219. The molecule has 2 bridgehead atoms. The van der Waals surface area contributed by atoms with E-state index in [1.807, 2.05) is 24.3 Å². The molecule has 0 radical (unpaired) electrons. The van der Waals surface area contributed by atoms with Gasteiger partial charge in [0.1, 0.15) is 5.75 Å². The molecule has 23 heavy (non-hydrogen) atoms. The van der Waals surface area contributed by atoms with Crippen LogP contribution in [0, 0.1) is 11.8 Å². The molecule has 5 nitrogen and oxygen atoms in total. The fraction of sp³-hybridized carbons (Fsp3) is 0.611. The van der Waals surface area contributed by atoms with Gasteiger partial charge in [-0.2, -0.15) is 5.10 Å². The second kappa shape index (κ2) is 6.13. The minimum atomic E-state index is -0.272. The molecule has 3 fully saturated rings. The number of rotatable bonds is 3. The molecule has 3 aliphatic rings. The van der Waals surface area contributed by atoms with Gasteiger partial charge in [0.05, 0.1) is 26.0 Å². The summed E-state index contributed by atoms with van der Waals surface area (Å²) in [6.07, 6.45) is 5.40. The Morgan fingerprint density at radius 3 is 2.70 bits per heavy atom. The standard InChI is InChI=1S/C18H24N2O3/c1-21-16-5-3-15(4-6-16)19-20-17-7-2-14-12-13(17)8-9-18(14)22-10-11-23-18/h3-6,13-14,19H,2,7-12H2,1H3/b20-17+. The van der Waals surface area contributed by atoms with Gasteiger partial charge >= 0.3 is 0 Å². The summed E-state index contributed by atoms with van der Waals surface area (Å²) in [6, 6.07) is 7.87. The minimum Gasteiger partial charge on any atom is -0.497 e. The van der Waals surface area contributed by atoms with E-state index in [9.17, 15) is 0 Å². The molecule has 1 heterocycles. The summed E-state index contributed by atoms with van der Waals surface area (Å²) in [5, 5.41) is 4.69. The summed E-state index contributed by atoms with van der Waals surface area (Å²) in [4.78, 5) is 0. The molecule has 2 unspecified atom stereocenters. The fourth-order valence-electron chi connectivity index (χ4n) is 4.19. The van der Waals surface area contributed by atoms with Crippen molar-refractivity contribution in [3.63, 3.8) is 0 Å². The number of hydrazone groups is 1. The van der Waals surface area contributed by atoms with Crippen molar-refractivity contribution >= 4 is 11.4 Å². The van der Waals surface area contributed by atoms with Crippen LogP contribution in [-0.2, 0) is 9.47 Å². The van der Waals surface area contributed by atoms with Gasteiger partial charge < -0.3 is 14.2 Å². The zero-order valence-electron chi connectivity index (χ0n) is 13.6. The maximum absolute atomic E-state index is 5.96. The highest BCUT2D eigenvalue weighted by Crippen LogP contribution is 2.48. The molecule has 4 rings (SSSR count).